The molecule has 0 amide bonds. The van der Waals surface area contributed by atoms with Crippen molar-refractivity contribution in [3.63, 3.8) is 0 Å². The first-order valence-corrected chi connectivity index (χ1v) is 8.79. The molecular weight excluding hydrogens is 288 g/mol. The van der Waals surface area contributed by atoms with Crippen LogP contribution in [0.4, 0.5) is 0 Å². The van der Waals surface area contributed by atoms with E-state index in [1.807, 2.05) is 32.9 Å². The summed E-state index contributed by atoms with van der Waals surface area (Å²) in [6, 6.07) is 5.31. The molecule has 0 radical (unpaired) electrons. The number of morpholine rings is 1. The molecule has 0 saturated carbocycles. The van der Waals surface area contributed by atoms with Gasteiger partial charge in [-0.25, -0.2) is 8.42 Å². The number of nitrogens with zero attached hydrogens (tertiary/aromatic N) is 1. The summed E-state index contributed by atoms with van der Waals surface area (Å²) in [7, 11) is -3.52. The van der Waals surface area contributed by atoms with Crippen LogP contribution in [0.5, 0.6) is 0 Å². The molecule has 2 atom stereocenters. The van der Waals surface area contributed by atoms with Gasteiger partial charge in [0.1, 0.15) is 0 Å². The number of aryl methyl sites for hydroxylation is 1. The Bertz CT molecular complexity index is 601. The van der Waals surface area contributed by atoms with Crippen LogP contribution in [-0.4, -0.2) is 38.0 Å². The Morgan fingerprint density at radius 3 is 2.71 bits per heavy atom. The van der Waals surface area contributed by atoms with E-state index in [4.69, 9.17) is 10.5 Å². The molecule has 6 heteroatoms. The molecule has 1 saturated heterocycles. The largest absolute Gasteiger partial charge is 0.375 e. The van der Waals surface area contributed by atoms with Crippen LogP contribution < -0.4 is 5.73 Å². The van der Waals surface area contributed by atoms with Crippen LogP contribution in [0.1, 0.15) is 31.9 Å². The highest BCUT2D eigenvalue weighted by atomic mass is 32.2. The van der Waals surface area contributed by atoms with Crippen molar-refractivity contribution in [2.45, 2.75) is 50.8 Å². The van der Waals surface area contributed by atoms with Gasteiger partial charge in [0.2, 0.25) is 10.0 Å². The highest BCUT2D eigenvalue weighted by Crippen LogP contribution is 2.26. The lowest BCUT2D eigenvalue weighted by atomic mass is 10.1. The zero-order chi connectivity index (χ0) is 15.6. The second-order valence-electron chi connectivity index (χ2n) is 5.57. The second kappa shape index (κ2) is 6.44. The van der Waals surface area contributed by atoms with Crippen LogP contribution in [0.25, 0.3) is 0 Å². The number of sulfonamides is 1. The zero-order valence-electron chi connectivity index (χ0n) is 12.9. The summed E-state index contributed by atoms with van der Waals surface area (Å²) < 4.78 is 33.1. The molecule has 5 nitrogen and oxygen atoms in total. The minimum absolute atomic E-state index is 0.0845. The topological polar surface area (TPSA) is 72.6 Å². The van der Waals surface area contributed by atoms with E-state index in [0.717, 1.165) is 11.1 Å². The highest BCUT2D eigenvalue weighted by molar-refractivity contribution is 7.89. The molecular formula is C15H24N2O3S. The minimum atomic E-state index is -3.52. The van der Waals surface area contributed by atoms with Gasteiger partial charge in [0.15, 0.2) is 0 Å². The number of nitrogens with two attached hydrogens (primary N) is 1. The maximum Gasteiger partial charge on any atom is 0.243 e. The highest BCUT2D eigenvalue weighted by Gasteiger charge is 2.35. The molecule has 2 unspecified atom stereocenters. The van der Waals surface area contributed by atoms with Gasteiger partial charge in [-0.15, -0.1) is 0 Å². The van der Waals surface area contributed by atoms with Crippen LogP contribution in [-0.2, 0) is 27.7 Å². The average molecular weight is 312 g/mol. The molecule has 1 aliphatic rings. The van der Waals surface area contributed by atoms with Gasteiger partial charge < -0.3 is 10.5 Å². The van der Waals surface area contributed by atoms with E-state index >= 15 is 0 Å². The Morgan fingerprint density at radius 1 is 1.38 bits per heavy atom. The summed E-state index contributed by atoms with van der Waals surface area (Å²) in [5.74, 6) is 0. The standard InChI is InChI=1S/C15H24N2O3S/c1-4-14-6-5-13(8-16)7-15(14)21(18,19)17-9-12(3)20-10-11(17)2/h5-7,11-12H,4,8-10,16H2,1-3H3. The predicted octanol–water partition coefficient (Wildman–Crippen LogP) is 1.51. The maximum atomic E-state index is 13.0. The molecule has 1 aliphatic heterocycles. The summed E-state index contributed by atoms with van der Waals surface area (Å²) in [6.07, 6.45) is 0.590. The second-order valence-corrected chi connectivity index (χ2v) is 7.43. The molecule has 1 aromatic carbocycles. The average Bonchev–Trinajstić information content (AvgIpc) is 2.48. The fourth-order valence-electron chi connectivity index (χ4n) is 2.59. The Balaban J connectivity index is 2.47. The van der Waals surface area contributed by atoms with Gasteiger partial charge in [-0.05, 0) is 37.5 Å². The molecule has 0 aromatic heterocycles. The first-order chi connectivity index (χ1) is 9.90. The number of benzene rings is 1. The lowest BCUT2D eigenvalue weighted by molar-refractivity contribution is -0.0170. The van der Waals surface area contributed by atoms with Gasteiger partial charge in [0.05, 0.1) is 17.6 Å². The summed E-state index contributed by atoms with van der Waals surface area (Å²) in [4.78, 5) is 0.383. The SMILES string of the molecule is CCc1ccc(CN)cc1S(=O)(=O)N1CC(C)OCC1C. The van der Waals surface area contributed by atoms with Crippen molar-refractivity contribution in [2.24, 2.45) is 5.73 Å². The van der Waals surface area contributed by atoms with Crippen LogP contribution in [0.2, 0.25) is 0 Å². The maximum absolute atomic E-state index is 13.0. The number of rotatable bonds is 4. The Kier molecular flexibility index (Phi) is 5.03. The normalized spacial score (nSPS) is 24.2. The van der Waals surface area contributed by atoms with E-state index in [0.29, 0.717) is 31.0 Å². The molecule has 1 fully saturated rings. The molecule has 118 valence electrons. The Labute approximate surface area is 127 Å². The first-order valence-electron chi connectivity index (χ1n) is 7.35. The monoisotopic (exact) mass is 312 g/mol. The third-order valence-electron chi connectivity index (χ3n) is 3.89. The Morgan fingerprint density at radius 2 is 2.10 bits per heavy atom. The van der Waals surface area contributed by atoms with Crippen molar-refractivity contribution < 1.29 is 13.2 Å². The van der Waals surface area contributed by atoms with Gasteiger partial charge in [-0.3, -0.25) is 0 Å². The fraction of sp³-hybridized carbons (Fsp3) is 0.600. The predicted molar refractivity (Wildman–Crippen MR) is 82.5 cm³/mol. The van der Waals surface area contributed by atoms with Crippen molar-refractivity contribution in [3.8, 4) is 0 Å². The molecule has 2 N–H and O–H groups in total. The van der Waals surface area contributed by atoms with Gasteiger partial charge in [0.25, 0.3) is 0 Å². The molecule has 0 aliphatic carbocycles. The fourth-order valence-corrected chi connectivity index (χ4v) is 4.63. The summed E-state index contributed by atoms with van der Waals surface area (Å²) >= 11 is 0. The summed E-state index contributed by atoms with van der Waals surface area (Å²) in [6.45, 7) is 6.88. The molecule has 21 heavy (non-hydrogen) atoms. The van der Waals surface area contributed by atoms with Gasteiger partial charge in [0, 0.05) is 19.1 Å². The lowest BCUT2D eigenvalue weighted by Gasteiger charge is -2.36. The molecule has 1 aromatic rings. The number of ether oxygens (including phenoxy) is 1. The quantitative estimate of drug-likeness (QED) is 0.914. The van der Waals surface area contributed by atoms with E-state index in [9.17, 15) is 8.42 Å². The van der Waals surface area contributed by atoms with E-state index in [1.54, 1.807) is 10.4 Å². The van der Waals surface area contributed by atoms with Crippen LogP contribution in [0.15, 0.2) is 23.1 Å². The van der Waals surface area contributed by atoms with Crippen LogP contribution >= 0.6 is 0 Å². The van der Waals surface area contributed by atoms with Crippen molar-refractivity contribution in [1.82, 2.24) is 4.31 Å². The van der Waals surface area contributed by atoms with Crippen molar-refractivity contribution in [3.05, 3.63) is 29.3 Å². The van der Waals surface area contributed by atoms with E-state index in [-0.39, 0.29) is 12.1 Å². The first kappa shape index (κ1) is 16.4. The number of hydrogen-bond acceptors (Lipinski definition) is 4. The van der Waals surface area contributed by atoms with Crippen molar-refractivity contribution in [1.29, 1.82) is 0 Å². The minimum Gasteiger partial charge on any atom is -0.375 e. The molecule has 2 rings (SSSR count). The van der Waals surface area contributed by atoms with Gasteiger partial charge in [-0.1, -0.05) is 19.1 Å². The third-order valence-corrected chi connectivity index (χ3v) is 5.95. The van der Waals surface area contributed by atoms with Crippen molar-refractivity contribution >= 4 is 10.0 Å². The third kappa shape index (κ3) is 3.29. The smallest absolute Gasteiger partial charge is 0.243 e. The summed E-state index contributed by atoms with van der Waals surface area (Å²) in [5.41, 5.74) is 7.32. The molecule has 0 spiro atoms. The molecule has 1 heterocycles. The van der Waals surface area contributed by atoms with Gasteiger partial charge >= 0.3 is 0 Å². The van der Waals surface area contributed by atoms with Crippen molar-refractivity contribution in [2.75, 3.05) is 13.2 Å². The van der Waals surface area contributed by atoms with Crippen LogP contribution in [0, 0.1) is 0 Å². The number of hydrogen-bond donors (Lipinski definition) is 1. The van der Waals surface area contributed by atoms with E-state index < -0.39 is 10.0 Å². The van der Waals surface area contributed by atoms with E-state index in [2.05, 4.69) is 0 Å². The van der Waals surface area contributed by atoms with Crippen LogP contribution in [0.3, 0.4) is 0 Å². The van der Waals surface area contributed by atoms with E-state index in [1.165, 1.54) is 0 Å². The summed E-state index contributed by atoms with van der Waals surface area (Å²) in [5, 5.41) is 0. The Hall–Kier alpha value is -0.950. The zero-order valence-corrected chi connectivity index (χ0v) is 13.7. The molecule has 0 bridgehead atoms. The lowest BCUT2D eigenvalue weighted by Crippen LogP contribution is -2.50. The van der Waals surface area contributed by atoms with Gasteiger partial charge in [-0.2, -0.15) is 4.31 Å².